The number of rotatable bonds is 3. The van der Waals surface area contributed by atoms with Crippen LogP contribution < -0.4 is 10.6 Å². The van der Waals surface area contributed by atoms with E-state index in [1.54, 1.807) is 0 Å². The van der Waals surface area contributed by atoms with E-state index in [0.717, 1.165) is 4.47 Å². The van der Waals surface area contributed by atoms with Crippen molar-refractivity contribution in [2.24, 2.45) is 0 Å². The molecule has 0 atom stereocenters. The predicted octanol–water partition coefficient (Wildman–Crippen LogP) is 1.89. The standard InChI is InChI=1S/C9H13BrN2/c1-11-9(12-2)7-5-3-4-6-8(7)10/h3-6,9,11-12H,1-2H3. The molecule has 1 aromatic rings. The lowest BCUT2D eigenvalue weighted by Crippen LogP contribution is -2.28. The van der Waals surface area contributed by atoms with Gasteiger partial charge in [-0.25, -0.2) is 0 Å². The molecule has 2 nitrogen and oxygen atoms in total. The van der Waals surface area contributed by atoms with Crippen LogP contribution in [0.5, 0.6) is 0 Å². The molecule has 0 saturated heterocycles. The lowest BCUT2D eigenvalue weighted by atomic mass is 10.2. The molecular formula is C9H13BrN2. The van der Waals surface area contributed by atoms with E-state index in [9.17, 15) is 0 Å². The molecule has 0 radical (unpaired) electrons. The fourth-order valence-electron chi connectivity index (χ4n) is 1.16. The second kappa shape index (κ2) is 4.60. The molecule has 1 rings (SSSR count). The number of hydrogen-bond acceptors (Lipinski definition) is 2. The van der Waals surface area contributed by atoms with Crippen LogP contribution in [0.1, 0.15) is 11.7 Å². The molecule has 0 fully saturated rings. The Morgan fingerprint density at radius 2 is 1.75 bits per heavy atom. The molecule has 0 aliphatic carbocycles. The van der Waals surface area contributed by atoms with Gasteiger partial charge in [-0.15, -0.1) is 0 Å². The summed E-state index contributed by atoms with van der Waals surface area (Å²) in [5.74, 6) is 0. The molecule has 66 valence electrons. The lowest BCUT2D eigenvalue weighted by molar-refractivity contribution is 0.518. The zero-order chi connectivity index (χ0) is 8.97. The van der Waals surface area contributed by atoms with E-state index in [2.05, 4.69) is 32.6 Å². The van der Waals surface area contributed by atoms with Crippen LogP contribution in [0, 0.1) is 0 Å². The van der Waals surface area contributed by atoms with Gasteiger partial charge in [-0.2, -0.15) is 0 Å². The van der Waals surface area contributed by atoms with Crippen LogP contribution >= 0.6 is 15.9 Å². The highest BCUT2D eigenvalue weighted by Crippen LogP contribution is 2.20. The Kier molecular flexibility index (Phi) is 3.72. The topological polar surface area (TPSA) is 24.1 Å². The van der Waals surface area contributed by atoms with Crippen molar-refractivity contribution in [3.8, 4) is 0 Å². The fourth-order valence-corrected chi connectivity index (χ4v) is 1.68. The molecule has 3 heteroatoms. The quantitative estimate of drug-likeness (QED) is 0.773. The van der Waals surface area contributed by atoms with Gasteiger partial charge >= 0.3 is 0 Å². The van der Waals surface area contributed by atoms with E-state index in [1.165, 1.54) is 5.56 Å². The van der Waals surface area contributed by atoms with Gasteiger partial charge in [0.05, 0.1) is 6.17 Å². The fraction of sp³-hybridized carbons (Fsp3) is 0.333. The summed E-state index contributed by atoms with van der Waals surface area (Å²) in [6.45, 7) is 0. The summed E-state index contributed by atoms with van der Waals surface area (Å²) in [5, 5.41) is 6.34. The third-order valence-corrected chi connectivity index (χ3v) is 2.52. The van der Waals surface area contributed by atoms with Crippen molar-refractivity contribution in [1.29, 1.82) is 0 Å². The van der Waals surface area contributed by atoms with Gasteiger partial charge in [0.2, 0.25) is 0 Å². The third-order valence-electron chi connectivity index (χ3n) is 1.79. The predicted molar refractivity (Wildman–Crippen MR) is 55.0 cm³/mol. The van der Waals surface area contributed by atoms with Gasteiger partial charge in [-0.1, -0.05) is 34.1 Å². The molecule has 0 aromatic heterocycles. The van der Waals surface area contributed by atoms with Crippen LogP contribution in [0.3, 0.4) is 0 Å². The second-order valence-corrected chi connectivity index (χ2v) is 3.39. The Balaban J connectivity index is 2.92. The first-order valence-electron chi connectivity index (χ1n) is 3.88. The van der Waals surface area contributed by atoms with Gasteiger partial charge < -0.3 is 10.6 Å². The molecule has 0 spiro atoms. The van der Waals surface area contributed by atoms with Crippen LogP contribution in [0.15, 0.2) is 28.7 Å². The van der Waals surface area contributed by atoms with Crippen LogP contribution in [0.2, 0.25) is 0 Å². The van der Waals surface area contributed by atoms with E-state index < -0.39 is 0 Å². The van der Waals surface area contributed by atoms with Crippen molar-refractivity contribution in [2.75, 3.05) is 14.1 Å². The van der Waals surface area contributed by atoms with Gasteiger partial charge in [0.25, 0.3) is 0 Å². The summed E-state index contributed by atoms with van der Waals surface area (Å²) >= 11 is 3.50. The van der Waals surface area contributed by atoms with E-state index >= 15 is 0 Å². The Morgan fingerprint density at radius 3 is 2.25 bits per heavy atom. The molecule has 12 heavy (non-hydrogen) atoms. The van der Waals surface area contributed by atoms with Crippen molar-refractivity contribution >= 4 is 15.9 Å². The molecule has 0 amide bonds. The molecule has 0 saturated carbocycles. The van der Waals surface area contributed by atoms with Gasteiger partial charge in [-0.05, 0) is 25.7 Å². The Morgan fingerprint density at radius 1 is 1.17 bits per heavy atom. The SMILES string of the molecule is CNC(NC)c1ccccc1Br. The minimum Gasteiger partial charge on any atom is -0.301 e. The van der Waals surface area contributed by atoms with Gasteiger partial charge in [0, 0.05) is 4.47 Å². The van der Waals surface area contributed by atoms with E-state index in [-0.39, 0.29) is 6.17 Å². The van der Waals surface area contributed by atoms with Gasteiger partial charge in [0.1, 0.15) is 0 Å². The van der Waals surface area contributed by atoms with Crippen LogP contribution in [0.25, 0.3) is 0 Å². The first kappa shape index (κ1) is 9.71. The zero-order valence-corrected chi connectivity index (χ0v) is 8.85. The highest BCUT2D eigenvalue weighted by Gasteiger charge is 2.07. The molecule has 0 aliphatic rings. The lowest BCUT2D eigenvalue weighted by Gasteiger charge is -2.16. The summed E-state index contributed by atoms with van der Waals surface area (Å²) in [4.78, 5) is 0. The average Bonchev–Trinajstić information content (AvgIpc) is 2.10. The zero-order valence-electron chi connectivity index (χ0n) is 7.26. The normalized spacial score (nSPS) is 10.7. The maximum absolute atomic E-state index is 3.50. The first-order valence-corrected chi connectivity index (χ1v) is 4.68. The van der Waals surface area contributed by atoms with Crippen molar-refractivity contribution in [3.05, 3.63) is 34.3 Å². The van der Waals surface area contributed by atoms with E-state index in [1.807, 2.05) is 32.3 Å². The van der Waals surface area contributed by atoms with E-state index in [0.29, 0.717) is 0 Å². The smallest absolute Gasteiger partial charge is 0.0841 e. The molecule has 0 unspecified atom stereocenters. The molecule has 0 aliphatic heterocycles. The Hall–Kier alpha value is -0.380. The average molecular weight is 229 g/mol. The molecule has 0 heterocycles. The minimum atomic E-state index is 0.209. The molecule has 1 aromatic carbocycles. The number of halogens is 1. The number of hydrogen-bond donors (Lipinski definition) is 2. The van der Waals surface area contributed by atoms with Gasteiger partial charge in [-0.3, -0.25) is 0 Å². The first-order chi connectivity index (χ1) is 5.79. The summed E-state index contributed by atoms with van der Waals surface area (Å²) in [6.07, 6.45) is 0.209. The summed E-state index contributed by atoms with van der Waals surface area (Å²) in [5.41, 5.74) is 1.22. The highest BCUT2D eigenvalue weighted by atomic mass is 79.9. The third kappa shape index (κ3) is 2.06. The molecular weight excluding hydrogens is 216 g/mol. The number of nitrogens with one attached hydrogen (secondary N) is 2. The maximum atomic E-state index is 3.50. The van der Waals surface area contributed by atoms with Crippen LogP contribution in [-0.2, 0) is 0 Å². The van der Waals surface area contributed by atoms with Crippen molar-refractivity contribution < 1.29 is 0 Å². The molecule has 0 bridgehead atoms. The maximum Gasteiger partial charge on any atom is 0.0841 e. The summed E-state index contributed by atoms with van der Waals surface area (Å²) in [6, 6.07) is 8.16. The Bertz CT molecular complexity index is 246. The minimum absolute atomic E-state index is 0.209. The van der Waals surface area contributed by atoms with Crippen molar-refractivity contribution in [2.45, 2.75) is 6.17 Å². The Labute approximate surface area is 81.5 Å². The van der Waals surface area contributed by atoms with Crippen molar-refractivity contribution in [1.82, 2.24) is 10.6 Å². The highest BCUT2D eigenvalue weighted by molar-refractivity contribution is 9.10. The van der Waals surface area contributed by atoms with Crippen LogP contribution in [-0.4, -0.2) is 14.1 Å². The monoisotopic (exact) mass is 228 g/mol. The van der Waals surface area contributed by atoms with Gasteiger partial charge in [0.15, 0.2) is 0 Å². The summed E-state index contributed by atoms with van der Waals surface area (Å²) in [7, 11) is 3.86. The second-order valence-electron chi connectivity index (χ2n) is 2.53. The van der Waals surface area contributed by atoms with Crippen LogP contribution in [0.4, 0.5) is 0 Å². The van der Waals surface area contributed by atoms with Crippen molar-refractivity contribution in [3.63, 3.8) is 0 Å². The molecule has 2 N–H and O–H groups in total. The van der Waals surface area contributed by atoms with E-state index in [4.69, 9.17) is 0 Å². The number of benzene rings is 1. The largest absolute Gasteiger partial charge is 0.301 e. The summed E-state index contributed by atoms with van der Waals surface area (Å²) < 4.78 is 1.12.